The Morgan fingerprint density at radius 2 is 2.35 bits per heavy atom. The first kappa shape index (κ1) is 12.6. The molecule has 3 aromatic heterocycles. The Balaban J connectivity index is 1.80. The fourth-order valence-corrected chi connectivity index (χ4v) is 2.87. The van der Waals surface area contributed by atoms with E-state index in [2.05, 4.69) is 15.3 Å². The Kier molecular flexibility index (Phi) is 3.11. The maximum Gasteiger partial charge on any atom is 0.263 e. The number of nitrogens with zero attached hydrogens (tertiary/aromatic N) is 2. The number of nitrogen functional groups attached to an aromatic ring is 1. The van der Waals surface area contributed by atoms with Gasteiger partial charge in [0, 0.05) is 17.8 Å². The molecular weight excluding hydrogens is 276 g/mol. The van der Waals surface area contributed by atoms with Crippen molar-refractivity contribution in [3.63, 3.8) is 0 Å². The monoisotopic (exact) mass is 288 g/mol. The molecule has 0 saturated carbocycles. The first-order valence-electron chi connectivity index (χ1n) is 5.96. The number of oxazole rings is 1. The second kappa shape index (κ2) is 4.93. The van der Waals surface area contributed by atoms with Crippen LogP contribution >= 0.6 is 11.3 Å². The van der Waals surface area contributed by atoms with E-state index >= 15 is 0 Å². The summed E-state index contributed by atoms with van der Waals surface area (Å²) in [7, 11) is 0. The van der Waals surface area contributed by atoms with Crippen molar-refractivity contribution < 1.29 is 9.21 Å². The molecule has 0 aromatic carbocycles. The number of anilines is 1. The predicted molar refractivity (Wildman–Crippen MR) is 76.4 cm³/mol. The molecule has 0 saturated heterocycles. The summed E-state index contributed by atoms with van der Waals surface area (Å²) in [6, 6.07) is 1.80. The summed E-state index contributed by atoms with van der Waals surface area (Å²) in [5.74, 6) is 0.943. The minimum Gasteiger partial charge on any atom is -0.444 e. The Labute approximate surface area is 118 Å². The molecule has 3 heterocycles. The number of carbonyl (C=O) groups is 1. The summed E-state index contributed by atoms with van der Waals surface area (Å²) in [5.41, 5.74) is 6.48. The molecule has 0 fully saturated rings. The van der Waals surface area contributed by atoms with E-state index < -0.39 is 0 Å². The van der Waals surface area contributed by atoms with Crippen LogP contribution in [0.5, 0.6) is 0 Å². The minimum atomic E-state index is -0.237. The molecule has 3 rings (SSSR count). The molecule has 1 amide bonds. The number of aryl methyl sites for hydroxylation is 1. The molecule has 0 aliphatic rings. The van der Waals surface area contributed by atoms with Gasteiger partial charge < -0.3 is 15.5 Å². The number of hydrogen-bond acceptors (Lipinski definition) is 6. The van der Waals surface area contributed by atoms with Crippen molar-refractivity contribution in [1.29, 1.82) is 0 Å². The third-order valence-electron chi connectivity index (χ3n) is 2.81. The zero-order valence-corrected chi connectivity index (χ0v) is 11.5. The molecule has 0 spiro atoms. The van der Waals surface area contributed by atoms with Crippen LogP contribution < -0.4 is 11.1 Å². The van der Waals surface area contributed by atoms with Gasteiger partial charge in [-0.25, -0.2) is 4.98 Å². The van der Waals surface area contributed by atoms with Crippen molar-refractivity contribution in [2.45, 2.75) is 13.5 Å². The zero-order chi connectivity index (χ0) is 14.1. The van der Waals surface area contributed by atoms with Crippen LogP contribution in [0.25, 0.3) is 10.1 Å². The van der Waals surface area contributed by atoms with Gasteiger partial charge in [-0.2, -0.15) is 0 Å². The number of carbonyl (C=O) groups excluding carboxylic acids is 1. The first-order valence-corrected chi connectivity index (χ1v) is 6.78. The molecular formula is C13H12N4O2S. The maximum absolute atomic E-state index is 12.1. The molecule has 102 valence electrons. The van der Waals surface area contributed by atoms with Gasteiger partial charge in [0.25, 0.3) is 5.91 Å². The lowest BCUT2D eigenvalue weighted by Gasteiger charge is -2.01. The third-order valence-corrected chi connectivity index (χ3v) is 3.96. The Hall–Kier alpha value is -2.41. The SMILES string of the molecule is Cc1cnc(CNC(=O)c2sc3cnccc3c2N)o1. The van der Waals surface area contributed by atoms with E-state index in [4.69, 9.17) is 10.2 Å². The van der Waals surface area contributed by atoms with Gasteiger partial charge >= 0.3 is 0 Å². The summed E-state index contributed by atoms with van der Waals surface area (Å²) in [5, 5.41) is 3.59. The number of thiophene rings is 1. The quantitative estimate of drug-likeness (QED) is 0.769. The van der Waals surface area contributed by atoms with Gasteiger partial charge in [0.1, 0.15) is 10.6 Å². The topological polar surface area (TPSA) is 94.0 Å². The largest absolute Gasteiger partial charge is 0.444 e. The summed E-state index contributed by atoms with van der Waals surface area (Å²) in [4.78, 5) is 20.7. The summed E-state index contributed by atoms with van der Waals surface area (Å²) >= 11 is 1.32. The lowest BCUT2D eigenvalue weighted by Crippen LogP contribution is -2.22. The van der Waals surface area contributed by atoms with Crippen LogP contribution in [0.2, 0.25) is 0 Å². The van der Waals surface area contributed by atoms with Crippen molar-refractivity contribution in [2.24, 2.45) is 0 Å². The number of nitrogens with two attached hydrogens (primary N) is 1. The average Bonchev–Trinajstić information content (AvgIpc) is 3.01. The molecule has 6 nitrogen and oxygen atoms in total. The van der Waals surface area contributed by atoms with Gasteiger partial charge in [-0.05, 0) is 13.0 Å². The molecule has 0 atom stereocenters. The van der Waals surface area contributed by atoms with E-state index in [9.17, 15) is 4.79 Å². The summed E-state index contributed by atoms with van der Waals surface area (Å²) in [6.45, 7) is 2.04. The molecule has 0 aliphatic heterocycles. The fourth-order valence-electron chi connectivity index (χ4n) is 1.86. The van der Waals surface area contributed by atoms with Gasteiger partial charge in [-0.3, -0.25) is 9.78 Å². The Bertz CT molecular complexity index is 778. The second-order valence-corrected chi connectivity index (χ2v) is 5.32. The lowest BCUT2D eigenvalue weighted by molar-refractivity contribution is 0.0952. The third kappa shape index (κ3) is 2.23. The molecule has 0 aliphatic carbocycles. The predicted octanol–water partition coefficient (Wildman–Crippen LogP) is 2.10. The number of hydrogen-bond donors (Lipinski definition) is 2. The van der Waals surface area contributed by atoms with Crippen molar-refractivity contribution in [3.8, 4) is 0 Å². The van der Waals surface area contributed by atoms with Crippen LogP contribution in [0, 0.1) is 6.92 Å². The summed E-state index contributed by atoms with van der Waals surface area (Å²) in [6.07, 6.45) is 4.97. The van der Waals surface area contributed by atoms with Crippen molar-refractivity contribution >= 4 is 33.0 Å². The van der Waals surface area contributed by atoms with Crippen LogP contribution in [-0.4, -0.2) is 15.9 Å². The highest BCUT2D eigenvalue weighted by atomic mass is 32.1. The van der Waals surface area contributed by atoms with E-state index in [0.717, 1.165) is 10.1 Å². The van der Waals surface area contributed by atoms with E-state index in [1.54, 1.807) is 31.6 Å². The van der Waals surface area contributed by atoms with Gasteiger partial charge in [-0.15, -0.1) is 11.3 Å². The van der Waals surface area contributed by atoms with Gasteiger partial charge in [0.05, 0.1) is 23.1 Å². The molecule has 20 heavy (non-hydrogen) atoms. The highest BCUT2D eigenvalue weighted by molar-refractivity contribution is 7.21. The van der Waals surface area contributed by atoms with Crippen molar-refractivity contribution in [1.82, 2.24) is 15.3 Å². The summed E-state index contributed by atoms with van der Waals surface area (Å²) < 4.78 is 6.19. The minimum absolute atomic E-state index is 0.235. The van der Waals surface area contributed by atoms with Crippen LogP contribution in [0.15, 0.2) is 29.1 Å². The molecule has 0 radical (unpaired) electrons. The number of nitrogens with one attached hydrogen (secondary N) is 1. The molecule has 0 bridgehead atoms. The smallest absolute Gasteiger partial charge is 0.263 e. The van der Waals surface area contributed by atoms with Crippen LogP contribution in [0.4, 0.5) is 5.69 Å². The fraction of sp³-hybridized carbons (Fsp3) is 0.154. The van der Waals surface area contributed by atoms with Crippen LogP contribution in [0.3, 0.4) is 0 Å². The van der Waals surface area contributed by atoms with E-state index in [1.165, 1.54) is 11.3 Å². The van der Waals surface area contributed by atoms with Crippen molar-refractivity contribution in [3.05, 3.63) is 41.2 Å². The van der Waals surface area contributed by atoms with Crippen LogP contribution in [-0.2, 0) is 6.54 Å². The van der Waals surface area contributed by atoms with E-state index in [1.807, 2.05) is 0 Å². The number of pyridine rings is 1. The lowest BCUT2D eigenvalue weighted by atomic mass is 10.2. The van der Waals surface area contributed by atoms with Crippen LogP contribution in [0.1, 0.15) is 21.3 Å². The van der Waals surface area contributed by atoms with Crippen molar-refractivity contribution in [2.75, 3.05) is 5.73 Å². The molecule has 0 unspecified atom stereocenters. The first-order chi connectivity index (χ1) is 9.65. The molecule has 7 heteroatoms. The van der Waals surface area contributed by atoms with Gasteiger partial charge in [-0.1, -0.05) is 0 Å². The molecule has 3 N–H and O–H groups in total. The highest BCUT2D eigenvalue weighted by Gasteiger charge is 2.16. The highest BCUT2D eigenvalue weighted by Crippen LogP contribution is 2.32. The number of fused-ring (bicyclic) bond motifs is 1. The second-order valence-electron chi connectivity index (χ2n) is 4.26. The number of amides is 1. The van der Waals surface area contributed by atoms with Gasteiger partial charge in [0.15, 0.2) is 0 Å². The number of aromatic nitrogens is 2. The van der Waals surface area contributed by atoms with E-state index in [-0.39, 0.29) is 12.5 Å². The Morgan fingerprint density at radius 1 is 1.50 bits per heavy atom. The van der Waals surface area contributed by atoms with E-state index in [0.29, 0.717) is 22.2 Å². The zero-order valence-electron chi connectivity index (χ0n) is 10.7. The molecule has 3 aromatic rings. The Morgan fingerprint density at radius 3 is 3.05 bits per heavy atom. The maximum atomic E-state index is 12.1. The number of rotatable bonds is 3. The normalized spacial score (nSPS) is 10.8. The standard InChI is InChI=1S/C13H12N4O2S/c1-7-4-16-10(19-7)6-17-13(18)12-11(14)8-2-3-15-5-9(8)20-12/h2-5H,6,14H2,1H3,(H,17,18). The van der Waals surface area contributed by atoms with Gasteiger partial charge in [0.2, 0.25) is 5.89 Å². The average molecular weight is 288 g/mol.